The molecule has 17 heavy (non-hydrogen) atoms. The number of aryl methyl sites for hydroxylation is 1. The minimum atomic E-state index is -0.895. The maximum Gasteiger partial charge on any atom is 0.226 e. The molecular formula is C12H21N3O2. The number of aliphatic hydroxyl groups is 1. The highest BCUT2D eigenvalue weighted by Gasteiger charge is 2.35. The molecule has 0 aliphatic carbocycles. The number of nitrogens with zero attached hydrogens (tertiary/aromatic N) is 2. The largest absolute Gasteiger partial charge is 0.481 e. The van der Waals surface area contributed by atoms with Crippen molar-refractivity contribution in [2.75, 3.05) is 12.4 Å². The summed E-state index contributed by atoms with van der Waals surface area (Å²) in [6.45, 7) is 9.14. The van der Waals surface area contributed by atoms with E-state index < -0.39 is 11.1 Å². The summed E-state index contributed by atoms with van der Waals surface area (Å²) in [4.78, 5) is 8.46. The quantitative estimate of drug-likeness (QED) is 0.838. The van der Waals surface area contributed by atoms with E-state index in [2.05, 4.69) is 15.3 Å². The van der Waals surface area contributed by atoms with E-state index in [9.17, 15) is 5.11 Å². The molecule has 0 amide bonds. The lowest BCUT2D eigenvalue weighted by Crippen LogP contribution is -2.51. The molecule has 1 rings (SSSR count). The van der Waals surface area contributed by atoms with Crippen LogP contribution in [-0.2, 0) is 0 Å². The Labute approximate surface area is 102 Å². The molecule has 0 aliphatic heterocycles. The summed E-state index contributed by atoms with van der Waals surface area (Å²) < 4.78 is 5.08. The van der Waals surface area contributed by atoms with E-state index in [1.807, 2.05) is 20.8 Å². The van der Waals surface area contributed by atoms with Crippen molar-refractivity contribution in [2.24, 2.45) is 0 Å². The fraction of sp³-hybridized carbons (Fsp3) is 0.667. The number of rotatable bonds is 4. The van der Waals surface area contributed by atoms with Gasteiger partial charge in [-0.05, 0) is 34.6 Å². The molecule has 0 fully saturated rings. The van der Waals surface area contributed by atoms with Crippen LogP contribution in [0.2, 0.25) is 0 Å². The molecule has 2 N–H and O–H groups in total. The third-order valence-electron chi connectivity index (χ3n) is 2.99. The normalized spacial score (nSPS) is 12.4. The first kappa shape index (κ1) is 13.7. The molecule has 1 aromatic rings. The Kier molecular flexibility index (Phi) is 3.62. The van der Waals surface area contributed by atoms with Gasteiger partial charge in [-0.25, -0.2) is 4.98 Å². The fourth-order valence-corrected chi connectivity index (χ4v) is 1.13. The molecule has 0 aliphatic rings. The van der Waals surface area contributed by atoms with E-state index in [1.54, 1.807) is 27.0 Å². The minimum absolute atomic E-state index is 0.453. The van der Waals surface area contributed by atoms with Crippen LogP contribution in [0.1, 0.15) is 33.4 Å². The second kappa shape index (κ2) is 4.49. The summed E-state index contributed by atoms with van der Waals surface area (Å²) >= 11 is 0. The average molecular weight is 239 g/mol. The Hall–Kier alpha value is -1.36. The molecule has 0 saturated carbocycles. The Bertz CT molecular complexity index is 397. The van der Waals surface area contributed by atoms with Crippen molar-refractivity contribution in [1.82, 2.24) is 9.97 Å². The molecule has 1 heterocycles. The van der Waals surface area contributed by atoms with Crippen molar-refractivity contribution in [3.05, 3.63) is 11.8 Å². The molecule has 5 nitrogen and oxygen atoms in total. The van der Waals surface area contributed by atoms with E-state index in [0.29, 0.717) is 11.8 Å². The highest BCUT2D eigenvalue weighted by molar-refractivity contribution is 5.34. The zero-order chi connectivity index (χ0) is 13.3. The summed E-state index contributed by atoms with van der Waals surface area (Å²) in [5.41, 5.74) is -0.634. The van der Waals surface area contributed by atoms with Crippen molar-refractivity contribution in [3.63, 3.8) is 0 Å². The molecule has 1 aromatic heterocycles. The number of aromatic nitrogens is 2. The molecule has 96 valence electrons. The summed E-state index contributed by atoms with van der Waals surface area (Å²) in [6.07, 6.45) is 0. The lowest BCUT2D eigenvalue weighted by molar-refractivity contribution is 0.0236. The Balaban J connectivity index is 2.99. The number of ether oxygens (including phenoxy) is 1. The second-order valence-corrected chi connectivity index (χ2v) is 5.18. The zero-order valence-electron chi connectivity index (χ0n) is 11.3. The molecule has 0 bridgehead atoms. The number of anilines is 1. The molecule has 0 unspecified atom stereocenters. The molecule has 0 atom stereocenters. The van der Waals surface area contributed by atoms with Crippen molar-refractivity contribution >= 4 is 5.95 Å². The van der Waals surface area contributed by atoms with Gasteiger partial charge >= 0.3 is 0 Å². The Morgan fingerprint density at radius 2 is 1.82 bits per heavy atom. The summed E-state index contributed by atoms with van der Waals surface area (Å²) in [6, 6.07) is 1.75. The fourth-order valence-electron chi connectivity index (χ4n) is 1.13. The van der Waals surface area contributed by atoms with Gasteiger partial charge in [-0.3, -0.25) is 0 Å². The zero-order valence-corrected chi connectivity index (χ0v) is 11.3. The highest BCUT2D eigenvalue weighted by atomic mass is 16.5. The standard InChI is InChI=1S/C12H21N3O2/c1-8-7-9(17-6)14-10(13-8)15-11(2,3)12(4,5)16/h7,16H,1-6H3,(H,13,14,15). The highest BCUT2D eigenvalue weighted by Crippen LogP contribution is 2.25. The first-order valence-electron chi connectivity index (χ1n) is 5.56. The minimum Gasteiger partial charge on any atom is -0.481 e. The van der Waals surface area contributed by atoms with Crippen molar-refractivity contribution in [2.45, 2.75) is 45.8 Å². The predicted molar refractivity (Wildman–Crippen MR) is 67.3 cm³/mol. The van der Waals surface area contributed by atoms with E-state index >= 15 is 0 Å². The molecular weight excluding hydrogens is 218 g/mol. The lowest BCUT2D eigenvalue weighted by atomic mass is 9.86. The van der Waals surface area contributed by atoms with Crippen molar-refractivity contribution in [1.29, 1.82) is 0 Å². The number of nitrogens with one attached hydrogen (secondary N) is 1. The topological polar surface area (TPSA) is 67.3 Å². The van der Waals surface area contributed by atoms with Gasteiger partial charge in [0.2, 0.25) is 11.8 Å². The monoisotopic (exact) mass is 239 g/mol. The van der Waals surface area contributed by atoms with Crippen LogP contribution in [0.25, 0.3) is 0 Å². The SMILES string of the molecule is COc1cc(C)nc(NC(C)(C)C(C)(C)O)n1. The first-order valence-corrected chi connectivity index (χ1v) is 5.56. The number of hydrogen-bond donors (Lipinski definition) is 2. The smallest absolute Gasteiger partial charge is 0.226 e. The molecule has 0 spiro atoms. The van der Waals surface area contributed by atoms with Crippen LogP contribution in [0.15, 0.2) is 6.07 Å². The second-order valence-electron chi connectivity index (χ2n) is 5.18. The van der Waals surface area contributed by atoms with Crippen LogP contribution >= 0.6 is 0 Å². The predicted octanol–water partition coefficient (Wildman–Crippen LogP) is 1.76. The summed E-state index contributed by atoms with van der Waals surface area (Å²) in [7, 11) is 1.56. The van der Waals surface area contributed by atoms with Crippen LogP contribution in [0, 0.1) is 6.92 Å². The van der Waals surface area contributed by atoms with E-state index in [0.717, 1.165) is 5.69 Å². The van der Waals surface area contributed by atoms with Gasteiger partial charge in [0.15, 0.2) is 0 Å². The van der Waals surface area contributed by atoms with Gasteiger partial charge < -0.3 is 15.2 Å². The van der Waals surface area contributed by atoms with Gasteiger partial charge in [-0.15, -0.1) is 0 Å². The first-order chi connectivity index (χ1) is 7.65. The number of hydrogen-bond acceptors (Lipinski definition) is 5. The van der Waals surface area contributed by atoms with Crippen LogP contribution in [0.4, 0.5) is 5.95 Å². The number of methoxy groups -OCH3 is 1. The van der Waals surface area contributed by atoms with Crippen LogP contribution in [0.5, 0.6) is 5.88 Å². The van der Waals surface area contributed by atoms with Crippen molar-refractivity contribution < 1.29 is 9.84 Å². The van der Waals surface area contributed by atoms with Crippen LogP contribution in [-0.4, -0.2) is 33.3 Å². The maximum absolute atomic E-state index is 10.1. The Morgan fingerprint density at radius 3 is 2.29 bits per heavy atom. The maximum atomic E-state index is 10.1. The molecule has 5 heteroatoms. The van der Waals surface area contributed by atoms with E-state index in [1.165, 1.54) is 0 Å². The molecule has 0 saturated heterocycles. The van der Waals surface area contributed by atoms with Gasteiger partial charge in [0.1, 0.15) is 0 Å². The van der Waals surface area contributed by atoms with Gasteiger partial charge in [0.05, 0.1) is 18.2 Å². The lowest BCUT2D eigenvalue weighted by Gasteiger charge is -2.38. The third-order valence-corrected chi connectivity index (χ3v) is 2.99. The summed E-state index contributed by atoms with van der Waals surface area (Å²) in [5.74, 6) is 0.959. The summed E-state index contributed by atoms with van der Waals surface area (Å²) in [5, 5.41) is 13.2. The van der Waals surface area contributed by atoms with Crippen LogP contribution < -0.4 is 10.1 Å². The molecule has 0 aromatic carbocycles. The average Bonchev–Trinajstić information content (AvgIpc) is 2.14. The van der Waals surface area contributed by atoms with E-state index in [4.69, 9.17) is 4.74 Å². The molecule has 0 radical (unpaired) electrons. The van der Waals surface area contributed by atoms with Gasteiger partial charge in [0.25, 0.3) is 0 Å². The van der Waals surface area contributed by atoms with E-state index in [-0.39, 0.29) is 0 Å². The van der Waals surface area contributed by atoms with Gasteiger partial charge in [-0.2, -0.15) is 4.98 Å². The van der Waals surface area contributed by atoms with Gasteiger partial charge in [0, 0.05) is 11.8 Å². The van der Waals surface area contributed by atoms with Gasteiger partial charge in [-0.1, -0.05) is 0 Å². The van der Waals surface area contributed by atoms with Crippen molar-refractivity contribution in [3.8, 4) is 5.88 Å². The van der Waals surface area contributed by atoms with Crippen LogP contribution in [0.3, 0.4) is 0 Å². The Morgan fingerprint density at radius 1 is 1.24 bits per heavy atom. The third kappa shape index (κ3) is 3.30.